The highest BCUT2D eigenvalue weighted by Gasteiger charge is 2.12. The van der Waals surface area contributed by atoms with Crippen LogP contribution in [0.2, 0.25) is 0 Å². The van der Waals surface area contributed by atoms with Crippen molar-refractivity contribution < 1.29 is 4.79 Å². The lowest BCUT2D eigenvalue weighted by molar-refractivity contribution is 0.111. The number of aryl methyl sites for hydroxylation is 1. The highest BCUT2D eigenvalue weighted by molar-refractivity contribution is 5.73. The average Bonchev–Trinajstić information content (AvgIpc) is 2.83. The van der Waals surface area contributed by atoms with Gasteiger partial charge in [-0.2, -0.15) is 0 Å². The molecule has 0 aliphatic carbocycles. The topological polar surface area (TPSA) is 22.0 Å². The molecule has 2 aromatic rings. The maximum absolute atomic E-state index is 11.1. The Balaban J connectivity index is 2.32. The lowest BCUT2D eigenvalue weighted by atomic mass is 10.1. The van der Waals surface area contributed by atoms with Gasteiger partial charge in [-0.25, -0.2) is 0 Å². The molecular formula is C17H21NO. The highest BCUT2D eigenvalue weighted by atomic mass is 16.1. The van der Waals surface area contributed by atoms with Gasteiger partial charge in [-0.3, -0.25) is 4.79 Å². The molecule has 0 radical (unpaired) electrons. The predicted octanol–water partition coefficient (Wildman–Crippen LogP) is 4.17. The molecule has 100 valence electrons. The van der Waals surface area contributed by atoms with Gasteiger partial charge in [-0.1, -0.05) is 36.8 Å². The van der Waals surface area contributed by atoms with Crippen molar-refractivity contribution in [3.8, 4) is 0 Å². The van der Waals surface area contributed by atoms with Gasteiger partial charge in [0.25, 0.3) is 0 Å². The van der Waals surface area contributed by atoms with E-state index in [0.717, 1.165) is 24.8 Å². The molecule has 2 heteroatoms. The maximum atomic E-state index is 11.1. The summed E-state index contributed by atoms with van der Waals surface area (Å²) in [5, 5.41) is 0. The molecule has 0 saturated heterocycles. The molecular weight excluding hydrogens is 234 g/mol. The van der Waals surface area contributed by atoms with Crippen molar-refractivity contribution in [3.05, 3.63) is 58.9 Å². The second-order valence-corrected chi connectivity index (χ2v) is 5.16. The number of carbonyl (C=O) groups excluding carboxylic acids is 1. The number of aldehydes is 1. The Kier molecular flexibility index (Phi) is 4.20. The van der Waals surface area contributed by atoms with E-state index in [4.69, 9.17) is 0 Å². The van der Waals surface area contributed by atoms with E-state index in [1.807, 2.05) is 6.07 Å². The van der Waals surface area contributed by atoms with Gasteiger partial charge in [0.1, 0.15) is 0 Å². The molecule has 0 N–H and O–H groups in total. The first-order valence-corrected chi connectivity index (χ1v) is 6.86. The van der Waals surface area contributed by atoms with Crippen molar-refractivity contribution >= 4 is 6.29 Å². The van der Waals surface area contributed by atoms with Gasteiger partial charge < -0.3 is 4.57 Å². The van der Waals surface area contributed by atoms with Crippen LogP contribution in [0.4, 0.5) is 0 Å². The summed E-state index contributed by atoms with van der Waals surface area (Å²) in [5.41, 5.74) is 4.54. The average molecular weight is 255 g/mol. The van der Waals surface area contributed by atoms with Crippen molar-refractivity contribution in [2.45, 2.75) is 39.7 Å². The van der Waals surface area contributed by atoms with E-state index in [2.05, 4.69) is 55.7 Å². The fourth-order valence-corrected chi connectivity index (χ4v) is 2.38. The predicted molar refractivity (Wildman–Crippen MR) is 78.8 cm³/mol. The summed E-state index contributed by atoms with van der Waals surface area (Å²) in [6.07, 6.45) is 2.85. The summed E-state index contributed by atoms with van der Waals surface area (Å²) in [6, 6.07) is 12.9. The largest absolute Gasteiger partial charge is 0.339 e. The number of hydrogen-bond acceptors (Lipinski definition) is 1. The van der Waals surface area contributed by atoms with Crippen LogP contribution in [0, 0.1) is 6.92 Å². The fourth-order valence-electron chi connectivity index (χ4n) is 2.38. The minimum Gasteiger partial charge on any atom is -0.339 e. The van der Waals surface area contributed by atoms with Gasteiger partial charge in [0.15, 0.2) is 6.29 Å². The molecule has 0 aliphatic heterocycles. The summed E-state index contributed by atoms with van der Waals surface area (Å²) >= 11 is 0. The SMILES string of the molecule is CCC(C)n1c(C=O)ccc1Cc1ccc(C)cc1. The van der Waals surface area contributed by atoms with Crippen molar-refractivity contribution in [2.75, 3.05) is 0 Å². The van der Waals surface area contributed by atoms with Crippen LogP contribution < -0.4 is 0 Å². The van der Waals surface area contributed by atoms with E-state index in [1.54, 1.807) is 0 Å². The molecule has 1 aromatic heterocycles. The van der Waals surface area contributed by atoms with Gasteiger partial charge >= 0.3 is 0 Å². The monoisotopic (exact) mass is 255 g/mol. The minimum absolute atomic E-state index is 0.357. The number of rotatable bonds is 5. The highest BCUT2D eigenvalue weighted by Crippen LogP contribution is 2.21. The zero-order valence-corrected chi connectivity index (χ0v) is 11.9. The molecule has 0 saturated carbocycles. The molecule has 0 spiro atoms. The Morgan fingerprint density at radius 2 is 1.84 bits per heavy atom. The zero-order chi connectivity index (χ0) is 13.8. The summed E-state index contributed by atoms with van der Waals surface area (Å²) in [7, 11) is 0. The Morgan fingerprint density at radius 3 is 2.42 bits per heavy atom. The van der Waals surface area contributed by atoms with E-state index in [0.29, 0.717) is 6.04 Å². The second kappa shape index (κ2) is 5.87. The van der Waals surface area contributed by atoms with E-state index in [9.17, 15) is 4.79 Å². The van der Waals surface area contributed by atoms with E-state index in [1.165, 1.54) is 16.8 Å². The number of aromatic nitrogens is 1. The first kappa shape index (κ1) is 13.6. The van der Waals surface area contributed by atoms with Crippen molar-refractivity contribution in [2.24, 2.45) is 0 Å². The van der Waals surface area contributed by atoms with Gasteiger partial charge in [-0.15, -0.1) is 0 Å². The molecule has 0 amide bonds. The summed E-state index contributed by atoms with van der Waals surface area (Å²) in [6.45, 7) is 6.40. The van der Waals surface area contributed by atoms with Crippen LogP contribution in [0.3, 0.4) is 0 Å². The molecule has 0 bridgehead atoms. The second-order valence-electron chi connectivity index (χ2n) is 5.16. The third kappa shape index (κ3) is 2.95. The summed E-state index contributed by atoms with van der Waals surface area (Å²) in [4.78, 5) is 11.1. The van der Waals surface area contributed by atoms with E-state index in [-0.39, 0.29) is 0 Å². The fraction of sp³-hybridized carbons (Fsp3) is 0.353. The standard InChI is InChI=1S/C17H21NO/c1-4-14(3)18-16(9-10-17(18)12-19)11-15-7-5-13(2)6-8-15/h5-10,12,14H,4,11H2,1-3H3. The summed E-state index contributed by atoms with van der Waals surface area (Å²) in [5.74, 6) is 0. The maximum Gasteiger partial charge on any atom is 0.166 e. The number of nitrogens with zero attached hydrogens (tertiary/aromatic N) is 1. The normalized spacial score (nSPS) is 12.4. The smallest absolute Gasteiger partial charge is 0.166 e. The number of benzene rings is 1. The van der Waals surface area contributed by atoms with Crippen LogP contribution in [-0.2, 0) is 6.42 Å². The van der Waals surface area contributed by atoms with Crippen molar-refractivity contribution in [1.82, 2.24) is 4.57 Å². The minimum atomic E-state index is 0.357. The Morgan fingerprint density at radius 1 is 1.16 bits per heavy atom. The van der Waals surface area contributed by atoms with E-state index < -0.39 is 0 Å². The lowest BCUT2D eigenvalue weighted by Gasteiger charge is -2.17. The van der Waals surface area contributed by atoms with Crippen LogP contribution in [0.15, 0.2) is 36.4 Å². The zero-order valence-electron chi connectivity index (χ0n) is 11.9. The van der Waals surface area contributed by atoms with Crippen LogP contribution in [0.25, 0.3) is 0 Å². The number of hydrogen-bond donors (Lipinski definition) is 0. The molecule has 19 heavy (non-hydrogen) atoms. The molecule has 2 rings (SSSR count). The van der Waals surface area contributed by atoms with Gasteiger partial charge in [-0.05, 0) is 38.0 Å². The first-order valence-electron chi connectivity index (χ1n) is 6.86. The summed E-state index contributed by atoms with van der Waals surface area (Å²) < 4.78 is 2.16. The molecule has 2 nitrogen and oxygen atoms in total. The Labute approximate surface area is 115 Å². The van der Waals surface area contributed by atoms with Crippen molar-refractivity contribution in [1.29, 1.82) is 0 Å². The Hall–Kier alpha value is -1.83. The van der Waals surface area contributed by atoms with Crippen LogP contribution in [-0.4, -0.2) is 10.9 Å². The quantitative estimate of drug-likeness (QED) is 0.735. The van der Waals surface area contributed by atoms with Crippen LogP contribution in [0.5, 0.6) is 0 Å². The van der Waals surface area contributed by atoms with E-state index >= 15 is 0 Å². The van der Waals surface area contributed by atoms with Gasteiger partial charge in [0.05, 0.1) is 5.69 Å². The van der Waals surface area contributed by atoms with Crippen LogP contribution in [0.1, 0.15) is 53.6 Å². The van der Waals surface area contributed by atoms with Crippen LogP contribution >= 0.6 is 0 Å². The molecule has 1 unspecified atom stereocenters. The third-order valence-corrected chi connectivity index (χ3v) is 3.69. The van der Waals surface area contributed by atoms with Gasteiger partial charge in [0.2, 0.25) is 0 Å². The molecule has 1 heterocycles. The number of carbonyl (C=O) groups is 1. The molecule has 1 aromatic carbocycles. The first-order chi connectivity index (χ1) is 9.15. The Bertz CT molecular complexity index is 551. The van der Waals surface area contributed by atoms with Crippen molar-refractivity contribution in [3.63, 3.8) is 0 Å². The van der Waals surface area contributed by atoms with Gasteiger partial charge in [0, 0.05) is 18.2 Å². The molecule has 0 fully saturated rings. The molecule has 0 aliphatic rings. The lowest BCUT2D eigenvalue weighted by Crippen LogP contribution is -2.11. The third-order valence-electron chi connectivity index (χ3n) is 3.69. The molecule has 1 atom stereocenters.